The minimum atomic E-state index is -0.0498. The summed E-state index contributed by atoms with van der Waals surface area (Å²) in [6, 6.07) is 0. The van der Waals surface area contributed by atoms with Crippen molar-refractivity contribution in [2.24, 2.45) is 0 Å². The number of rotatable bonds is 2. The van der Waals surface area contributed by atoms with Crippen molar-refractivity contribution in [3.63, 3.8) is 0 Å². The maximum atomic E-state index is 11.3. The zero-order valence-electron chi connectivity index (χ0n) is 10.5. The molecule has 0 aliphatic carbocycles. The van der Waals surface area contributed by atoms with Crippen LogP contribution in [0.3, 0.4) is 0 Å². The number of aromatic nitrogens is 4. The molecule has 2 heterocycles. The Balaban J connectivity index is 2.40. The summed E-state index contributed by atoms with van der Waals surface area (Å²) in [5, 5.41) is 4.32. The zero-order valence-corrected chi connectivity index (χ0v) is 10.5. The molecular formula is C11H14N6O. The minimum Gasteiger partial charge on any atom is -0.368 e. The van der Waals surface area contributed by atoms with Crippen LogP contribution in [-0.2, 0) is 4.79 Å². The second-order valence-electron chi connectivity index (χ2n) is 3.92. The lowest BCUT2D eigenvalue weighted by Crippen LogP contribution is -2.22. The lowest BCUT2D eigenvalue weighted by atomic mass is 10.3. The van der Waals surface area contributed by atoms with Crippen molar-refractivity contribution in [1.82, 2.24) is 19.7 Å². The summed E-state index contributed by atoms with van der Waals surface area (Å²) >= 11 is 0. The molecule has 0 unspecified atom stereocenters. The van der Waals surface area contributed by atoms with Crippen LogP contribution in [0.25, 0.3) is 5.69 Å². The highest BCUT2D eigenvalue weighted by Gasteiger charge is 2.13. The average Bonchev–Trinajstić information content (AvgIpc) is 2.71. The maximum absolute atomic E-state index is 11.3. The van der Waals surface area contributed by atoms with Gasteiger partial charge in [-0.05, 0) is 6.92 Å². The molecule has 7 heteroatoms. The molecule has 0 aliphatic heterocycles. The number of aryl methyl sites for hydroxylation is 1. The maximum Gasteiger partial charge on any atom is 0.223 e. The molecule has 18 heavy (non-hydrogen) atoms. The molecule has 2 rings (SSSR count). The van der Waals surface area contributed by atoms with Crippen LogP contribution in [0.1, 0.15) is 12.6 Å². The molecule has 0 atom stereocenters. The van der Waals surface area contributed by atoms with Crippen LogP contribution in [0, 0.1) is 6.92 Å². The summed E-state index contributed by atoms with van der Waals surface area (Å²) in [6.07, 6.45) is 4.91. The van der Waals surface area contributed by atoms with E-state index in [1.54, 1.807) is 30.3 Å². The summed E-state index contributed by atoms with van der Waals surface area (Å²) in [4.78, 5) is 20.7. The second kappa shape index (κ2) is 4.44. The molecule has 0 saturated heterocycles. The number of hydrogen-bond donors (Lipinski definition) is 1. The van der Waals surface area contributed by atoms with Crippen LogP contribution in [0.4, 0.5) is 11.6 Å². The molecule has 0 aliphatic rings. The molecular weight excluding hydrogens is 232 g/mol. The number of nitrogens with two attached hydrogens (primary N) is 1. The molecule has 2 aromatic heterocycles. The van der Waals surface area contributed by atoms with Gasteiger partial charge in [-0.2, -0.15) is 5.10 Å². The van der Waals surface area contributed by atoms with Crippen LogP contribution in [0.2, 0.25) is 0 Å². The first kappa shape index (κ1) is 12.0. The van der Waals surface area contributed by atoms with Crippen molar-refractivity contribution in [3.8, 4) is 5.69 Å². The van der Waals surface area contributed by atoms with Crippen molar-refractivity contribution in [2.75, 3.05) is 17.7 Å². The highest BCUT2D eigenvalue weighted by molar-refractivity contribution is 5.91. The molecule has 0 saturated carbocycles. The molecule has 2 aromatic rings. The number of hydrogen-bond acceptors (Lipinski definition) is 5. The predicted octanol–water partition coefficient (Wildman–Crippen LogP) is 0.536. The van der Waals surface area contributed by atoms with Gasteiger partial charge in [0.2, 0.25) is 11.9 Å². The van der Waals surface area contributed by atoms with E-state index in [1.807, 2.05) is 6.92 Å². The summed E-state index contributed by atoms with van der Waals surface area (Å²) < 4.78 is 1.61. The Morgan fingerprint density at radius 2 is 2.00 bits per heavy atom. The largest absolute Gasteiger partial charge is 0.368 e. The van der Waals surface area contributed by atoms with E-state index in [2.05, 4.69) is 15.1 Å². The standard InChI is InChI=1S/C11H14N6O/c1-7-10(16(3)8(2)18)6-17(15-7)9-4-13-11(12)14-5-9/h4-6H,1-3H3,(H2,12,13,14). The van der Waals surface area contributed by atoms with Gasteiger partial charge in [-0.25, -0.2) is 14.6 Å². The summed E-state index contributed by atoms with van der Waals surface area (Å²) in [7, 11) is 1.70. The Morgan fingerprint density at radius 3 is 2.56 bits per heavy atom. The summed E-state index contributed by atoms with van der Waals surface area (Å²) in [5.41, 5.74) is 7.62. The van der Waals surface area contributed by atoms with Crippen LogP contribution >= 0.6 is 0 Å². The molecule has 0 fully saturated rings. The third-order valence-electron chi connectivity index (χ3n) is 2.63. The molecule has 7 nitrogen and oxygen atoms in total. The van der Waals surface area contributed by atoms with Gasteiger partial charge in [0.05, 0.1) is 30.0 Å². The molecule has 0 spiro atoms. The molecule has 0 radical (unpaired) electrons. The Bertz CT molecular complexity index is 574. The number of carbonyl (C=O) groups excluding carboxylic acids is 1. The Kier molecular flexibility index (Phi) is 2.97. The van der Waals surface area contributed by atoms with Crippen molar-refractivity contribution < 1.29 is 4.79 Å². The van der Waals surface area contributed by atoms with Crippen molar-refractivity contribution in [1.29, 1.82) is 0 Å². The Hall–Kier alpha value is -2.44. The highest BCUT2D eigenvalue weighted by atomic mass is 16.2. The van der Waals surface area contributed by atoms with E-state index >= 15 is 0 Å². The van der Waals surface area contributed by atoms with Crippen LogP contribution in [-0.4, -0.2) is 32.7 Å². The fourth-order valence-corrected chi connectivity index (χ4v) is 1.53. The topological polar surface area (TPSA) is 89.9 Å². The van der Waals surface area contributed by atoms with Crippen LogP contribution in [0.5, 0.6) is 0 Å². The van der Waals surface area contributed by atoms with Crippen molar-refractivity contribution in [3.05, 3.63) is 24.3 Å². The lowest BCUT2D eigenvalue weighted by molar-refractivity contribution is -0.116. The first-order valence-electron chi connectivity index (χ1n) is 5.37. The highest BCUT2D eigenvalue weighted by Crippen LogP contribution is 2.19. The normalized spacial score (nSPS) is 10.4. The van der Waals surface area contributed by atoms with Crippen LogP contribution < -0.4 is 10.6 Å². The van der Waals surface area contributed by atoms with Gasteiger partial charge in [-0.3, -0.25) is 4.79 Å². The number of amides is 1. The molecule has 2 N–H and O–H groups in total. The lowest BCUT2D eigenvalue weighted by Gasteiger charge is -2.12. The van der Waals surface area contributed by atoms with Crippen molar-refractivity contribution >= 4 is 17.5 Å². The van der Waals surface area contributed by atoms with E-state index in [9.17, 15) is 4.79 Å². The quantitative estimate of drug-likeness (QED) is 0.835. The number of nitrogens with zero attached hydrogens (tertiary/aromatic N) is 5. The van der Waals surface area contributed by atoms with E-state index < -0.39 is 0 Å². The number of anilines is 2. The monoisotopic (exact) mass is 246 g/mol. The van der Waals surface area contributed by atoms with Gasteiger partial charge in [0, 0.05) is 14.0 Å². The Morgan fingerprint density at radius 1 is 1.39 bits per heavy atom. The average molecular weight is 246 g/mol. The fourth-order valence-electron chi connectivity index (χ4n) is 1.53. The van der Waals surface area contributed by atoms with E-state index in [0.717, 1.165) is 11.4 Å². The van der Waals surface area contributed by atoms with Gasteiger partial charge >= 0.3 is 0 Å². The van der Waals surface area contributed by atoms with Gasteiger partial charge in [0.1, 0.15) is 5.69 Å². The number of nitrogen functional groups attached to an aromatic ring is 1. The van der Waals surface area contributed by atoms with Gasteiger partial charge in [0.25, 0.3) is 0 Å². The van der Waals surface area contributed by atoms with Crippen LogP contribution in [0.15, 0.2) is 18.6 Å². The van der Waals surface area contributed by atoms with Gasteiger partial charge in [-0.15, -0.1) is 0 Å². The smallest absolute Gasteiger partial charge is 0.223 e. The third-order valence-corrected chi connectivity index (χ3v) is 2.63. The first-order valence-corrected chi connectivity index (χ1v) is 5.37. The van der Waals surface area contributed by atoms with E-state index in [0.29, 0.717) is 5.69 Å². The second-order valence-corrected chi connectivity index (χ2v) is 3.92. The Labute approximate surface area is 104 Å². The number of carbonyl (C=O) groups is 1. The van der Waals surface area contributed by atoms with E-state index in [4.69, 9.17) is 5.73 Å². The van der Waals surface area contributed by atoms with Gasteiger partial charge in [0.15, 0.2) is 0 Å². The molecule has 0 bridgehead atoms. The molecule has 1 amide bonds. The van der Waals surface area contributed by atoms with E-state index in [1.165, 1.54) is 11.8 Å². The minimum absolute atomic E-state index is 0.0498. The molecule has 94 valence electrons. The van der Waals surface area contributed by atoms with Crippen molar-refractivity contribution in [2.45, 2.75) is 13.8 Å². The van der Waals surface area contributed by atoms with Gasteiger partial charge < -0.3 is 10.6 Å². The SMILES string of the molecule is CC(=O)N(C)c1cn(-c2cnc(N)nc2)nc1C. The molecule has 0 aromatic carbocycles. The fraction of sp³-hybridized carbons (Fsp3) is 0.273. The van der Waals surface area contributed by atoms with E-state index in [-0.39, 0.29) is 11.9 Å². The van der Waals surface area contributed by atoms with Gasteiger partial charge in [-0.1, -0.05) is 0 Å². The predicted molar refractivity (Wildman–Crippen MR) is 67.4 cm³/mol. The zero-order chi connectivity index (χ0) is 13.3. The first-order chi connectivity index (χ1) is 8.49. The third kappa shape index (κ3) is 2.15. The summed E-state index contributed by atoms with van der Waals surface area (Å²) in [6.45, 7) is 3.34. The summed E-state index contributed by atoms with van der Waals surface area (Å²) in [5.74, 6) is 0.162.